The van der Waals surface area contributed by atoms with Crippen molar-refractivity contribution in [3.8, 4) is 11.4 Å². The first-order valence-corrected chi connectivity index (χ1v) is 6.43. The van der Waals surface area contributed by atoms with E-state index in [1.54, 1.807) is 30.7 Å². The molecule has 0 saturated carbocycles. The normalized spacial score (nSPS) is 10.3. The minimum atomic E-state index is 0.271. The Kier molecular flexibility index (Phi) is 3.39. The highest BCUT2D eigenvalue weighted by Crippen LogP contribution is 2.21. The molecule has 3 rings (SSSR count). The zero-order valence-corrected chi connectivity index (χ0v) is 11.2. The number of nitrogens with one attached hydrogen (secondary N) is 1. The summed E-state index contributed by atoms with van der Waals surface area (Å²) in [6, 6.07) is 12.8. The summed E-state index contributed by atoms with van der Waals surface area (Å²) >= 11 is 0. The highest BCUT2D eigenvalue weighted by molar-refractivity contribution is 6.12. The Bertz CT molecular complexity index is 769. The zero-order valence-electron chi connectivity index (χ0n) is 11.2. The van der Waals surface area contributed by atoms with Crippen LogP contribution < -0.4 is 5.73 Å². The molecule has 3 heterocycles. The summed E-state index contributed by atoms with van der Waals surface area (Å²) in [4.78, 5) is 12.7. The van der Waals surface area contributed by atoms with Gasteiger partial charge in [0.1, 0.15) is 0 Å². The van der Waals surface area contributed by atoms with Crippen molar-refractivity contribution < 1.29 is 0 Å². The number of rotatable bonds is 3. The average Bonchev–Trinajstić information content (AvgIpc) is 2.56. The van der Waals surface area contributed by atoms with Gasteiger partial charge >= 0.3 is 0 Å². The molecule has 102 valence electrons. The third kappa shape index (κ3) is 2.62. The van der Waals surface area contributed by atoms with Crippen molar-refractivity contribution in [2.75, 3.05) is 5.73 Å². The highest BCUT2D eigenvalue weighted by atomic mass is 14.8. The van der Waals surface area contributed by atoms with Gasteiger partial charge in [-0.1, -0.05) is 12.1 Å². The van der Waals surface area contributed by atoms with E-state index in [1.165, 1.54) is 0 Å². The van der Waals surface area contributed by atoms with Crippen molar-refractivity contribution >= 4 is 11.4 Å². The number of anilines is 1. The van der Waals surface area contributed by atoms with E-state index >= 15 is 0 Å². The second-order valence-electron chi connectivity index (χ2n) is 4.46. The molecule has 0 aromatic carbocycles. The molecule has 0 aliphatic carbocycles. The van der Waals surface area contributed by atoms with Crippen LogP contribution in [0.2, 0.25) is 0 Å². The van der Waals surface area contributed by atoms with Gasteiger partial charge in [0.15, 0.2) is 0 Å². The smallest absolute Gasteiger partial charge is 0.0894 e. The fourth-order valence-corrected chi connectivity index (χ4v) is 1.99. The summed E-state index contributed by atoms with van der Waals surface area (Å²) in [7, 11) is 0. The molecule has 5 heteroatoms. The van der Waals surface area contributed by atoms with Gasteiger partial charge in [0.05, 0.1) is 34.7 Å². The van der Waals surface area contributed by atoms with Crippen molar-refractivity contribution in [3.05, 3.63) is 72.3 Å². The van der Waals surface area contributed by atoms with Crippen LogP contribution >= 0.6 is 0 Å². The Hall–Kier alpha value is -3.08. The van der Waals surface area contributed by atoms with E-state index in [0.717, 1.165) is 5.69 Å². The van der Waals surface area contributed by atoms with Gasteiger partial charge in [0, 0.05) is 18.0 Å². The Morgan fingerprint density at radius 2 is 1.67 bits per heavy atom. The zero-order chi connectivity index (χ0) is 14.7. The summed E-state index contributed by atoms with van der Waals surface area (Å²) in [5, 5.41) is 8.28. The fourth-order valence-electron chi connectivity index (χ4n) is 1.99. The number of nitrogens with zero attached hydrogens (tertiary/aromatic N) is 3. The maximum absolute atomic E-state index is 8.28. The van der Waals surface area contributed by atoms with E-state index in [1.807, 2.05) is 30.3 Å². The molecule has 3 N–H and O–H groups in total. The maximum atomic E-state index is 8.28. The second kappa shape index (κ2) is 5.50. The summed E-state index contributed by atoms with van der Waals surface area (Å²) in [6.45, 7) is 0. The molecule has 0 saturated heterocycles. The van der Waals surface area contributed by atoms with Gasteiger partial charge in [0.2, 0.25) is 0 Å². The predicted molar refractivity (Wildman–Crippen MR) is 82.0 cm³/mol. The van der Waals surface area contributed by atoms with Gasteiger partial charge in [-0.3, -0.25) is 20.4 Å². The van der Waals surface area contributed by atoms with Crippen molar-refractivity contribution in [3.63, 3.8) is 0 Å². The summed E-state index contributed by atoms with van der Waals surface area (Å²) in [6.07, 6.45) is 4.91. The number of hydrogen-bond donors (Lipinski definition) is 2. The molecule has 0 aliphatic heterocycles. The molecule has 0 bridgehead atoms. The molecule has 0 aliphatic rings. The van der Waals surface area contributed by atoms with Crippen LogP contribution in [0.5, 0.6) is 0 Å². The van der Waals surface area contributed by atoms with Gasteiger partial charge in [0.25, 0.3) is 0 Å². The summed E-state index contributed by atoms with van der Waals surface area (Å²) < 4.78 is 0. The van der Waals surface area contributed by atoms with E-state index in [0.29, 0.717) is 22.6 Å². The lowest BCUT2D eigenvalue weighted by atomic mass is 10.0. The third-order valence-electron chi connectivity index (χ3n) is 3.05. The Morgan fingerprint density at radius 3 is 2.33 bits per heavy atom. The number of pyridine rings is 3. The number of nitrogen functional groups attached to an aromatic ring is 1. The van der Waals surface area contributed by atoms with Crippen LogP contribution in [0.4, 0.5) is 5.69 Å². The summed E-state index contributed by atoms with van der Waals surface area (Å²) in [5.74, 6) is 0. The molecular weight excluding hydrogens is 262 g/mol. The van der Waals surface area contributed by atoms with E-state index < -0.39 is 0 Å². The Labute approximate surface area is 122 Å². The van der Waals surface area contributed by atoms with Crippen molar-refractivity contribution in [2.45, 2.75) is 0 Å². The first-order chi connectivity index (χ1) is 10.3. The molecule has 0 unspecified atom stereocenters. The monoisotopic (exact) mass is 275 g/mol. The van der Waals surface area contributed by atoms with Crippen LogP contribution in [-0.4, -0.2) is 20.7 Å². The van der Waals surface area contributed by atoms with Crippen LogP contribution in [0.25, 0.3) is 11.4 Å². The van der Waals surface area contributed by atoms with Crippen molar-refractivity contribution in [1.82, 2.24) is 15.0 Å². The summed E-state index contributed by atoms with van der Waals surface area (Å²) in [5.41, 5.74) is 9.27. The molecule has 0 spiro atoms. The van der Waals surface area contributed by atoms with E-state index in [9.17, 15) is 0 Å². The first-order valence-electron chi connectivity index (χ1n) is 6.43. The largest absolute Gasteiger partial charge is 0.397 e. The standard InChI is InChI=1S/C16H13N5/c17-12-10-21-15(13-5-1-3-7-19-13)9-11(12)16(18)14-6-2-4-8-20-14/h1-10,18H,17H2. The fraction of sp³-hybridized carbons (Fsp3) is 0. The second-order valence-corrected chi connectivity index (χ2v) is 4.46. The van der Waals surface area contributed by atoms with Gasteiger partial charge in [-0.15, -0.1) is 0 Å². The minimum Gasteiger partial charge on any atom is -0.397 e. The molecule has 3 aromatic heterocycles. The van der Waals surface area contributed by atoms with Gasteiger partial charge in [-0.25, -0.2) is 0 Å². The molecule has 0 atom stereocenters. The predicted octanol–water partition coefficient (Wildman–Crippen LogP) is 2.54. The molecule has 0 amide bonds. The van der Waals surface area contributed by atoms with Crippen LogP contribution in [0.1, 0.15) is 11.3 Å². The Balaban J connectivity index is 2.05. The highest BCUT2D eigenvalue weighted by Gasteiger charge is 2.12. The van der Waals surface area contributed by atoms with Crippen molar-refractivity contribution in [1.29, 1.82) is 5.41 Å². The van der Waals surface area contributed by atoms with Crippen LogP contribution in [0, 0.1) is 5.41 Å². The lowest BCUT2D eigenvalue weighted by molar-refractivity contribution is 1.23. The number of hydrogen-bond acceptors (Lipinski definition) is 5. The quantitative estimate of drug-likeness (QED) is 0.719. The first kappa shape index (κ1) is 12.9. The average molecular weight is 275 g/mol. The SMILES string of the molecule is N=C(c1ccccn1)c1cc(-c2ccccn2)ncc1N. The number of aromatic nitrogens is 3. The molecule has 0 fully saturated rings. The van der Waals surface area contributed by atoms with Crippen LogP contribution in [-0.2, 0) is 0 Å². The molecule has 0 radical (unpaired) electrons. The van der Waals surface area contributed by atoms with Crippen LogP contribution in [0.15, 0.2) is 61.1 Å². The van der Waals surface area contributed by atoms with Gasteiger partial charge < -0.3 is 5.73 Å². The lowest BCUT2D eigenvalue weighted by Crippen LogP contribution is -2.08. The molecule has 5 nitrogen and oxygen atoms in total. The Morgan fingerprint density at radius 1 is 0.905 bits per heavy atom. The molecular formula is C16H13N5. The van der Waals surface area contributed by atoms with E-state index in [4.69, 9.17) is 11.1 Å². The maximum Gasteiger partial charge on any atom is 0.0894 e. The topological polar surface area (TPSA) is 88.5 Å². The molecule has 3 aromatic rings. The lowest BCUT2D eigenvalue weighted by Gasteiger charge is -2.08. The number of nitrogens with two attached hydrogens (primary N) is 1. The van der Waals surface area contributed by atoms with Gasteiger partial charge in [-0.2, -0.15) is 0 Å². The van der Waals surface area contributed by atoms with Crippen LogP contribution in [0.3, 0.4) is 0 Å². The van der Waals surface area contributed by atoms with Gasteiger partial charge in [-0.05, 0) is 30.3 Å². The molecule has 21 heavy (non-hydrogen) atoms. The third-order valence-corrected chi connectivity index (χ3v) is 3.05. The minimum absolute atomic E-state index is 0.271. The van der Waals surface area contributed by atoms with Crippen molar-refractivity contribution in [2.24, 2.45) is 0 Å². The van der Waals surface area contributed by atoms with E-state index in [2.05, 4.69) is 15.0 Å². The van der Waals surface area contributed by atoms with E-state index in [-0.39, 0.29) is 5.71 Å².